The lowest BCUT2D eigenvalue weighted by molar-refractivity contribution is -0.137. The van der Waals surface area contributed by atoms with Gasteiger partial charge in [-0.05, 0) is 12.3 Å². The van der Waals surface area contributed by atoms with Crippen molar-refractivity contribution in [3.05, 3.63) is 0 Å². The first-order chi connectivity index (χ1) is 9.26. The first-order valence-electron chi connectivity index (χ1n) is 6.47. The van der Waals surface area contributed by atoms with E-state index in [0.717, 1.165) is 0 Å². The van der Waals surface area contributed by atoms with Crippen LogP contribution in [0.4, 0.5) is 4.79 Å². The lowest BCUT2D eigenvalue weighted by Gasteiger charge is -2.12. The predicted octanol–water partition coefficient (Wildman–Crippen LogP) is -0.274. The van der Waals surface area contributed by atoms with Crippen LogP contribution in [0, 0.1) is 5.92 Å². The number of sulfonamides is 1. The molecule has 0 bridgehead atoms. The topological polar surface area (TPSA) is 125 Å². The second-order valence-electron chi connectivity index (χ2n) is 4.49. The fraction of sp³-hybridized carbons (Fsp3) is 0.818. The average molecular weight is 309 g/mol. The molecule has 9 heteroatoms. The molecule has 0 heterocycles. The van der Waals surface area contributed by atoms with Crippen LogP contribution in [0.1, 0.15) is 26.7 Å². The second-order valence-corrected chi connectivity index (χ2v) is 6.42. The lowest BCUT2D eigenvalue weighted by atomic mass is 10.1. The van der Waals surface area contributed by atoms with Gasteiger partial charge in [0.25, 0.3) is 0 Å². The molecule has 0 rings (SSSR count). The maximum atomic E-state index is 11.4. The molecule has 0 saturated carbocycles. The van der Waals surface area contributed by atoms with Crippen molar-refractivity contribution in [1.82, 2.24) is 15.4 Å². The Morgan fingerprint density at radius 1 is 1.25 bits per heavy atom. The van der Waals surface area contributed by atoms with E-state index >= 15 is 0 Å². The number of hydrogen-bond acceptors (Lipinski definition) is 4. The maximum absolute atomic E-state index is 11.4. The van der Waals surface area contributed by atoms with E-state index in [1.54, 1.807) is 6.92 Å². The van der Waals surface area contributed by atoms with Crippen molar-refractivity contribution in [1.29, 1.82) is 0 Å². The van der Waals surface area contributed by atoms with Crippen molar-refractivity contribution < 1.29 is 23.1 Å². The molecule has 0 aromatic heterocycles. The quantitative estimate of drug-likeness (QED) is 0.442. The molecule has 0 radical (unpaired) electrons. The molecule has 20 heavy (non-hydrogen) atoms. The van der Waals surface area contributed by atoms with Gasteiger partial charge in [-0.15, -0.1) is 0 Å². The smallest absolute Gasteiger partial charge is 0.314 e. The first-order valence-corrected chi connectivity index (χ1v) is 8.13. The van der Waals surface area contributed by atoms with E-state index in [1.165, 1.54) is 0 Å². The Hall–Kier alpha value is -1.35. The number of urea groups is 1. The highest BCUT2D eigenvalue weighted by atomic mass is 32.2. The van der Waals surface area contributed by atoms with E-state index in [9.17, 15) is 18.0 Å². The summed E-state index contributed by atoms with van der Waals surface area (Å²) in [6.07, 6.45) is 0.538. The maximum Gasteiger partial charge on any atom is 0.314 e. The van der Waals surface area contributed by atoms with Crippen molar-refractivity contribution in [2.45, 2.75) is 26.7 Å². The molecule has 2 amide bonds. The van der Waals surface area contributed by atoms with E-state index in [4.69, 9.17) is 5.11 Å². The SMILES string of the molecule is CCNS(=O)(=O)CCNC(=O)NCC(C)CCC(=O)O. The molecule has 1 atom stereocenters. The normalized spacial score (nSPS) is 12.7. The minimum atomic E-state index is -3.33. The van der Waals surface area contributed by atoms with Gasteiger partial charge in [0.05, 0.1) is 5.75 Å². The standard InChI is InChI=1S/C11H23N3O5S/c1-3-14-20(18,19)7-6-12-11(17)13-8-9(2)4-5-10(15)16/h9,14H,3-8H2,1-2H3,(H,15,16)(H2,12,13,17). The van der Waals surface area contributed by atoms with Gasteiger partial charge in [-0.25, -0.2) is 17.9 Å². The highest BCUT2D eigenvalue weighted by Gasteiger charge is 2.10. The van der Waals surface area contributed by atoms with E-state index in [0.29, 0.717) is 19.5 Å². The van der Waals surface area contributed by atoms with Gasteiger partial charge in [0.1, 0.15) is 0 Å². The fourth-order valence-electron chi connectivity index (χ4n) is 1.39. The van der Waals surface area contributed by atoms with Crippen LogP contribution in [-0.2, 0) is 14.8 Å². The number of carbonyl (C=O) groups excluding carboxylic acids is 1. The number of rotatable bonds is 10. The number of amides is 2. The van der Waals surface area contributed by atoms with Crippen LogP contribution in [0.5, 0.6) is 0 Å². The number of hydrogen-bond donors (Lipinski definition) is 4. The number of carboxylic acids is 1. The van der Waals surface area contributed by atoms with Crippen LogP contribution in [0.15, 0.2) is 0 Å². The molecule has 0 aliphatic rings. The molecule has 0 spiro atoms. The Labute approximate surface area is 119 Å². The minimum absolute atomic E-state index is 0.0185. The van der Waals surface area contributed by atoms with Gasteiger partial charge in [-0.1, -0.05) is 13.8 Å². The van der Waals surface area contributed by atoms with Gasteiger partial charge in [-0.3, -0.25) is 4.79 Å². The first kappa shape index (κ1) is 18.7. The summed E-state index contributed by atoms with van der Waals surface area (Å²) in [7, 11) is -3.33. The molecule has 0 aromatic rings. The molecular formula is C11H23N3O5S. The van der Waals surface area contributed by atoms with Crippen molar-refractivity contribution in [3.63, 3.8) is 0 Å². The van der Waals surface area contributed by atoms with Crippen LogP contribution >= 0.6 is 0 Å². The highest BCUT2D eigenvalue weighted by Crippen LogP contribution is 2.03. The van der Waals surface area contributed by atoms with E-state index < -0.39 is 22.0 Å². The summed E-state index contributed by atoms with van der Waals surface area (Å²) >= 11 is 0. The molecule has 0 aromatic carbocycles. The summed E-state index contributed by atoms with van der Waals surface area (Å²) in [6, 6.07) is -0.459. The summed E-state index contributed by atoms with van der Waals surface area (Å²) in [5.74, 6) is -1.000. The van der Waals surface area contributed by atoms with Gasteiger partial charge in [-0.2, -0.15) is 0 Å². The Morgan fingerprint density at radius 3 is 2.45 bits per heavy atom. The van der Waals surface area contributed by atoms with Gasteiger partial charge in [0.2, 0.25) is 10.0 Å². The van der Waals surface area contributed by atoms with Crippen LogP contribution in [-0.4, -0.2) is 50.9 Å². The summed E-state index contributed by atoms with van der Waals surface area (Å²) in [6.45, 7) is 4.19. The number of aliphatic carboxylic acids is 1. The summed E-state index contributed by atoms with van der Waals surface area (Å²) < 4.78 is 24.9. The number of carboxylic acid groups (broad SMARTS) is 1. The van der Waals surface area contributed by atoms with E-state index in [1.807, 2.05) is 6.92 Å². The van der Waals surface area contributed by atoms with Gasteiger partial charge in [0.15, 0.2) is 0 Å². The largest absolute Gasteiger partial charge is 0.481 e. The fourth-order valence-corrected chi connectivity index (χ4v) is 2.35. The van der Waals surface area contributed by atoms with Crippen molar-refractivity contribution in [2.75, 3.05) is 25.4 Å². The van der Waals surface area contributed by atoms with Crippen LogP contribution in [0.2, 0.25) is 0 Å². The second kappa shape index (κ2) is 9.54. The Morgan fingerprint density at radius 2 is 1.90 bits per heavy atom. The Bertz CT molecular complexity index is 410. The lowest BCUT2D eigenvalue weighted by Crippen LogP contribution is -2.41. The molecule has 0 aliphatic heterocycles. The van der Waals surface area contributed by atoms with Crippen LogP contribution in [0.3, 0.4) is 0 Å². The monoisotopic (exact) mass is 309 g/mol. The van der Waals surface area contributed by atoms with Crippen LogP contribution in [0.25, 0.3) is 0 Å². The van der Waals surface area contributed by atoms with Gasteiger partial charge < -0.3 is 15.7 Å². The van der Waals surface area contributed by atoms with Gasteiger partial charge in [0, 0.05) is 26.1 Å². The minimum Gasteiger partial charge on any atom is -0.481 e. The molecule has 0 saturated heterocycles. The summed E-state index contributed by atoms with van der Waals surface area (Å²) in [5, 5.41) is 13.5. The Balaban J connectivity index is 3.76. The molecule has 8 nitrogen and oxygen atoms in total. The zero-order chi connectivity index (χ0) is 15.6. The third-order valence-corrected chi connectivity index (χ3v) is 3.95. The molecule has 118 valence electrons. The zero-order valence-electron chi connectivity index (χ0n) is 11.8. The summed E-state index contributed by atoms with van der Waals surface area (Å²) in [4.78, 5) is 21.7. The molecule has 0 fully saturated rings. The molecule has 1 unspecified atom stereocenters. The van der Waals surface area contributed by atoms with E-state index in [-0.39, 0.29) is 24.6 Å². The third-order valence-electron chi connectivity index (χ3n) is 2.48. The average Bonchev–Trinajstić information content (AvgIpc) is 2.33. The van der Waals surface area contributed by atoms with Crippen molar-refractivity contribution in [2.24, 2.45) is 5.92 Å². The summed E-state index contributed by atoms with van der Waals surface area (Å²) in [5.41, 5.74) is 0. The molecular weight excluding hydrogens is 286 g/mol. The molecule has 4 N–H and O–H groups in total. The van der Waals surface area contributed by atoms with E-state index in [2.05, 4.69) is 15.4 Å². The van der Waals surface area contributed by atoms with Gasteiger partial charge >= 0.3 is 12.0 Å². The van der Waals surface area contributed by atoms with Crippen LogP contribution < -0.4 is 15.4 Å². The zero-order valence-corrected chi connectivity index (χ0v) is 12.6. The van der Waals surface area contributed by atoms with Crippen molar-refractivity contribution in [3.8, 4) is 0 Å². The highest BCUT2D eigenvalue weighted by molar-refractivity contribution is 7.89. The molecule has 0 aliphatic carbocycles. The Kier molecular flexibility index (Phi) is 8.89. The number of carbonyl (C=O) groups is 2. The third kappa shape index (κ3) is 10.6. The number of nitrogens with one attached hydrogen (secondary N) is 3. The predicted molar refractivity (Wildman–Crippen MR) is 74.9 cm³/mol. The van der Waals surface area contributed by atoms with Crippen molar-refractivity contribution >= 4 is 22.0 Å².